The van der Waals surface area contributed by atoms with E-state index in [1.165, 1.54) is 0 Å². The number of rotatable bonds is 6. The molecule has 4 nitrogen and oxygen atoms in total. The maximum Gasteiger partial charge on any atom is 0.220 e. The summed E-state index contributed by atoms with van der Waals surface area (Å²) in [5, 5.41) is 11.9. The van der Waals surface area contributed by atoms with Gasteiger partial charge in [0.15, 0.2) is 0 Å². The van der Waals surface area contributed by atoms with Crippen molar-refractivity contribution in [3.8, 4) is 0 Å². The van der Waals surface area contributed by atoms with Gasteiger partial charge in [0.25, 0.3) is 0 Å². The van der Waals surface area contributed by atoms with Crippen molar-refractivity contribution < 1.29 is 14.3 Å². The fraction of sp³-hybridized carbons (Fsp3) is 0.583. The maximum atomic E-state index is 11.5. The molecule has 2 N–H and O–H groups in total. The maximum absolute atomic E-state index is 11.5. The lowest BCUT2D eigenvalue weighted by atomic mass is 10.1. The van der Waals surface area contributed by atoms with E-state index in [0.717, 1.165) is 5.76 Å². The summed E-state index contributed by atoms with van der Waals surface area (Å²) in [5.41, 5.74) is 0. The summed E-state index contributed by atoms with van der Waals surface area (Å²) >= 11 is 0. The third kappa shape index (κ3) is 4.06. The van der Waals surface area contributed by atoms with E-state index in [1.54, 1.807) is 12.3 Å². The van der Waals surface area contributed by atoms with E-state index >= 15 is 0 Å². The van der Waals surface area contributed by atoms with Crippen molar-refractivity contribution in [1.29, 1.82) is 0 Å². The van der Waals surface area contributed by atoms with Gasteiger partial charge in [-0.25, -0.2) is 0 Å². The standard InChI is InChI=1S/C12H19NO3/c1-9(2)11(8-14)13-12(15)6-5-10-4-3-7-16-10/h3-4,7,9,11,14H,5-6,8H2,1-2H3,(H,13,15)/t11-/m1/s1. The number of amides is 1. The summed E-state index contributed by atoms with van der Waals surface area (Å²) in [4.78, 5) is 11.5. The predicted molar refractivity (Wildman–Crippen MR) is 60.9 cm³/mol. The Labute approximate surface area is 95.7 Å². The first-order valence-electron chi connectivity index (χ1n) is 5.56. The largest absolute Gasteiger partial charge is 0.469 e. The molecular weight excluding hydrogens is 206 g/mol. The van der Waals surface area contributed by atoms with Crippen molar-refractivity contribution in [2.75, 3.05) is 6.61 Å². The van der Waals surface area contributed by atoms with Crippen molar-refractivity contribution in [2.24, 2.45) is 5.92 Å². The molecule has 90 valence electrons. The highest BCUT2D eigenvalue weighted by atomic mass is 16.3. The first-order valence-corrected chi connectivity index (χ1v) is 5.56. The molecule has 0 bridgehead atoms. The molecule has 16 heavy (non-hydrogen) atoms. The number of carbonyl (C=O) groups excluding carboxylic acids is 1. The zero-order chi connectivity index (χ0) is 12.0. The Morgan fingerprint density at radius 1 is 1.56 bits per heavy atom. The number of aliphatic hydroxyl groups excluding tert-OH is 1. The Balaban J connectivity index is 2.30. The number of carbonyl (C=O) groups is 1. The van der Waals surface area contributed by atoms with E-state index in [9.17, 15) is 4.79 Å². The minimum absolute atomic E-state index is 0.0237. The quantitative estimate of drug-likeness (QED) is 0.768. The van der Waals surface area contributed by atoms with Crippen LogP contribution in [0.2, 0.25) is 0 Å². The van der Waals surface area contributed by atoms with Gasteiger partial charge in [0.2, 0.25) is 5.91 Å². The van der Waals surface area contributed by atoms with E-state index in [0.29, 0.717) is 12.8 Å². The van der Waals surface area contributed by atoms with E-state index in [4.69, 9.17) is 9.52 Å². The molecule has 0 radical (unpaired) electrons. The van der Waals surface area contributed by atoms with Gasteiger partial charge in [-0.15, -0.1) is 0 Å². The summed E-state index contributed by atoms with van der Waals surface area (Å²) in [6.45, 7) is 3.91. The van der Waals surface area contributed by atoms with Gasteiger partial charge in [-0.2, -0.15) is 0 Å². The molecule has 0 saturated carbocycles. The van der Waals surface area contributed by atoms with E-state index in [2.05, 4.69) is 5.32 Å². The zero-order valence-electron chi connectivity index (χ0n) is 9.77. The minimum atomic E-state index is -0.163. The Morgan fingerprint density at radius 2 is 2.31 bits per heavy atom. The first-order chi connectivity index (χ1) is 7.63. The highest BCUT2D eigenvalue weighted by molar-refractivity contribution is 5.76. The van der Waals surface area contributed by atoms with Gasteiger partial charge >= 0.3 is 0 Å². The molecule has 1 rings (SSSR count). The smallest absolute Gasteiger partial charge is 0.220 e. The van der Waals surface area contributed by atoms with Crippen molar-refractivity contribution in [3.05, 3.63) is 24.2 Å². The monoisotopic (exact) mass is 225 g/mol. The van der Waals surface area contributed by atoms with Crippen molar-refractivity contribution >= 4 is 5.91 Å². The molecule has 0 aliphatic rings. The van der Waals surface area contributed by atoms with Crippen LogP contribution >= 0.6 is 0 Å². The Morgan fingerprint density at radius 3 is 2.81 bits per heavy atom. The molecule has 1 aromatic heterocycles. The van der Waals surface area contributed by atoms with Crippen molar-refractivity contribution in [2.45, 2.75) is 32.7 Å². The molecule has 0 saturated heterocycles. The lowest BCUT2D eigenvalue weighted by Crippen LogP contribution is -2.41. The summed E-state index contributed by atoms with van der Waals surface area (Å²) in [5.74, 6) is 0.988. The van der Waals surface area contributed by atoms with Gasteiger partial charge < -0.3 is 14.8 Å². The van der Waals surface area contributed by atoms with Gasteiger partial charge in [0.1, 0.15) is 5.76 Å². The Bertz CT molecular complexity index is 306. The molecule has 0 aliphatic heterocycles. The number of hydrogen-bond donors (Lipinski definition) is 2. The first kappa shape index (κ1) is 12.8. The summed E-state index contributed by atoms with van der Waals surface area (Å²) in [6.07, 6.45) is 2.57. The van der Waals surface area contributed by atoms with Crippen LogP contribution in [0.5, 0.6) is 0 Å². The second-order valence-electron chi connectivity index (χ2n) is 4.18. The normalized spacial score (nSPS) is 12.8. The fourth-order valence-electron chi connectivity index (χ4n) is 1.39. The van der Waals surface area contributed by atoms with E-state index < -0.39 is 0 Å². The molecule has 0 aliphatic carbocycles. The van der Waals surface area contributed by atoms with Gasteiger partial charge in [0.05, 0.1) is 18.9 Å². The van der Waals surface area contributed by atoms with Crippen LogP contribution in [0.3, 0.4) is 0 Å². The van der Waals surface area contributed by atoms with Gasteiger partial charge in [0, 0.05) is 12.8 Å². The summed E-state index contributed by atoms with van der Waals surface area (Å²) in [7, 11) is 0. The fourth-order valence-corrected chi connectivity index (χ4v) is 1.39. The highest BCUT2D eigenvalue weighted by Crippen LogP contribution is 2.05. The van der Waals surface area contributed by atoms with Gasteiger partial charge in [-0.3, -0.25) is 4.79 Å². The number of aliphatic hydroxyl groups is 1. The lowest BCUT2D eigenvalue weighted by molar-refractivity contribution is -0.122. The molecule has 4 heteroatoms. The molecule has 1 aromatic rings. The van der Waals surface area contributed by atoms with Crippen molar-refractivity contribution in [3.63, 3.8) is 0 Å². The van der Waals surface area contributed by atoms with Crippen LogP contribution in [0.15, 0.2) is 22.8 Å². The molecule has 0 aromatic carbocycles. The predicted octanol–water partition coefficient (Wildman–Crippen LogP) is 1.35. The van der Waals surface area contributed by atoms with Crippen LogP contribution in [0.25, 0.3) is 0 Å². The number of hydrogen-bond acceptors (Lipinski definition) is 3. The average molecular weight is 225 g/mol. The Hall–Kier alpha value is -1.29. The van der Waals surface area contributed by atoms with Gasteiger partial charge in [-0.05, 0) is 18.1 Å². The molecular formula is C12H19NO3. The molecule has 1 atom stereocenters. The molecule has 0 unspecified atom stereocenters. The molecule has 0 fully saturated rings. The second-order valence-corrected chi connectivity index (χ2v) is 4.18. The number of furan rings is 1. The van der Waals surface area contributed by atoms with E-state index in [-0.39, 0.29) is 24.5 Å². The van der Waals surface area contributed by atoms with Crippen LogP contribution < -0.4 is 5.32 Å². The van der Waals surface area contributed by atoms with Crippen molar-refractivity contribution in [1.82, 2.24) is 5.32 Å². The topological polar surface area (TPSA) is 62.5 Å². The van der Waals surface area contributed by atoms with Crippen LogP contribution in [-0.4, -0.2) is 23.7 Å². The average Bonchev–Trinajstić information content (AvgIpc) is 2.75. The second kappa shape index (κ2) is 6.33. The van der Waals surface area contributed by atoms with Crippen LogP contribution in [0, 0.1) is 5.92 Å². The Kier molecular flexibility index (Phi) is 5.05. The third-order valence-corrected chi connectivity index (χ3v) is 2.53. The summed E-state index contributed by atoms with van der Waals surface area (Å²) < 4.78 is 5.13. The molecule has 0 spiro atoms. The van der Waals surface area contributed by atoms with Crippen LogP contribution in [0.1, 0.15) is 26.0 Å². The van der Waals surface area contributed by atoms with E-state index in [1.807, 2.05) is 19.9 Å². The SMILES string of the molecule is CC(C)[C@@H](CO)NC(=O)CCc1ccco1. The third-order valence-electron chi connectivity index (χ3n) is 2.53. The van der Waals surface area contributed by atoms with Gasteiger partial charge in [-0.1, -0.05) is 13.8 Å². The lowest BCUT2D eigenvalue weighted by Gasteiger charge is -2.19. The minimum Gasteiger partial charge on any atom is -0.469 e. The zero-order valence-corrected chi connectivity index (χ0v) is 9.77. The van der Waals surface area contributed by atoms with Crippen LogP contribution in [0.4, 0.5) is 0 Å². The summed E-state index contributed by atoms with van der Waals surface area (Å²) in [6, 6.07) is 3.49. The number of aryl methyl sites for hydroxylation is 1. The number of nitrogens with one attached hydrogen (secondary N) is 1. The highest BCUT2D eigenvalue weighted by Gasteiger charge is 2.14. The molecule has 1 amide bonds. The molecule has 1 heterocycles. The van der Waals surface area contributed by atoms with Crippen LogP contribution in [-0.2, 0) is 11.2 Å².